The van der Waals surface area contributed by atoms with Crippen molar-refractivity contribution in [2.75, 3.05) is 31.6 Å². The van der Waals surface area contributed by atoms with Gasteiger partial charge in [-0.1, -0.05) is 26.0 Å². The van der Waals surface area contributed by atoms with Gasteiger partial charge in [-0.25, -0.2) is 4.98 Å². The van der Waals surface area contributed by atoms with Gasteiger partial charge >= 0.3 is 0 Å². The second kappa shape index (κ2) is 10.0. The fraction of sp³-hybridized carbons (Fsp3) is 0.440. The molecule has 3 aromatic rings. The molecule has 1 aromatic carbocycles. The predicted octanol–water partition coefficient (Wildman–Crippen LogP) is 4.80. The van der Waals surface area contributed by atoms with Crippen LogP contribution in [0.1, 0.15) is 42.7 Å². The minimum atomic E-state index is 0.0470. The smallest absolute Gasteiger partial charge is 0.226 e. The Bertz CT molecular complexity index is 1190. The van der Waals surface area contributed by atoms with Crippen LogP contribution >= 0.6 is 22.7 Å². The van der Waals surface area contributed by atoms with E-state index in [1.165, 1.54) is 26.3 Å². The van der Waals surface area contributed by atoms with Crippen molar-refractivity contribution in [1.82, 2.24) is 15.6 Å². The van der Waals surface area contributed by atoms with Crippen molar-refractivity contribution in [2.45, 2.75) is 45.7 Å². The number of hydrogen-bond acceptors (Lipinski definition) is 7. The van der Waals surface area contributed by atoms with E-state index < -0.39 is 0 Å². The number of carbonyl (C=O) groups excluding carboxylic acids is 1. The van der Waals surface area contributed by atoms with Gasteiger partial charge in [0.2, 0.25) is 5.91 Å². The molecule has 2 aliphatic rings. The summed E-state index contributed by atoms with van der Waals surface area (Å²) >= 11 is 3.40. The zero-order valence-electron chi connectivity index (χ0n) is 19.1. The molecular weight excluding hydrogens is 452 g/mol. The average molecular weight is 483 g/mol. The summed E-state index contributed by atoms with van der Waals surface area (Å²) < 4.78 is 6.64. The Balaban J connectivity index is 1.46. The molecule has 0 saturated carbocycles. The second-order valence-electron chi connectivity index (χ2n) is 8.80. The molecule has 5 rings (SSSR count). The molecule has 2 aromatic heterocycles. The van der Waals surface area contributed by atoms with Crippen LogP contribution in [-0.2, 0) is 22.5 Å². The summed E-state index contributed by atoms with van der Waals surface area (Å²) in [6.45, 7) is 8.12. The van der Waals surface area contributed by atoms with Gasteiger partial charge in [0, 0.05) is 36.0 Å². The van der Waals surface area contributed by atoms with Crippen LogP contribution in [0, 0.1) is 0 Å². The Labute approximate surface area is 202 Å². The maximum Gasteiger partial charge on any atom is 0.226 e. The molecule has 0 aliphatic carbocycles. The lowest BCUT2D eigenvalue weighted by Gasteiger charge is -2.13. The number of fused-ring (bicyclic) bond motifs is 2. The molecule has 0 unspecified atom stereocenters. The number of anilines is 1. The lowest BCUT2D eigenvalue weighted by Crippen LogP contribution is -2.27. The molecular formula is C25H30N4O2S2. The minimum absolute atomic E-state index is 0.0470. The van der Waals surface area contributed by atoms with Crippen molar-refractivity contribution in [3.8, 4) is 10.6 Å². The summed E-state index contributed by atoms with van der Waals surface area (Å²) in [6.07, 6.45) is 4.53. The van der Waals surface area contributed by atoms with Gasteiger partial charge in [0.25, 0.3) is 0 Å². The van der Waals surface area contributed by atoms with Crippen molar-refractivity contribution >= 4 is 49.4 Å². The number of hydrogen-bond donors (Lipinski definition) is 3. The van der Waals surface area contributed by atoms with Crippen LogP contribution in [0.3, 0.4) is 0 Å². The highest BCUT2D eigenvalue weighted by atomic mass is 32.1. The fourth-order valence-electron chi connectivity index (χ4n) is 4.34. The maximum absolute atomic E-state index is 12.7. The number of ether oxygens (including phenoxy) is 1. The quantitative estimate of drug-likeness (QED) is 0.451. The molecule has 174 valence electrons. The largest absolute Gasteiger partial charge is 0.377 e. The number of carbonyl (C=O) groups is 1. The Kier molecular flexibility index (Phi) is 6.89. The maximum atomic E-state index is 12.7. The zero-order chi connectivity index (χ0) is 22.8. The highest BCUT2D eigenvalue weighted by Gasteiger charge is 2.25. The summed E-state index contributed by atoms with van der Waals surface area (Å²) in [5.41, 5.74) is 6.03. The molecule has 0 spiro atoms. The third kappa shape index (κ3) is 5.05. The first-order valence-corrected chi connectivity index (χ1v) is 13.3. The average Bonchev–Trinajstić information content (AvgIpc) is 3.39. The van der Waals surface area contributed by atoms with E-state index >= 15 is 0 Å². The van der Waals surface area contributed by atoms with E-state index in [9.17, 15) is 4.79 Å². The van der Waals surface area contributed by atoms with Crippen LogP contribution in [0.25, 0.3) is 26.4 Å². The number of amides is 1. The van der Waals surface area contributed by atoms with E-state index in [-0.39, 0.29) is 5.91 Å². The molecule has 0 atom stereocenters. The van der Waals surface area contributed by atoms with Gasteiger partial charge in [0.15, 0.2) is 0 Å². The van der Waals surface area contributed by atoms with Crippen molar-refractivity contribution in [3.63, 3.8) is 0 Å². The zero-order valence-corrected chi connectivity index (χ0v) is 20.8. The van der Waals surface area contributed by atoms with Gasteiger partial charge in [-0.05, 0) is 48.2 Å². The number of rotatable bonds is 7. The highest BCUT2D eigenvalue weighted by molar-refractivity contribution is 7.23. The Morgan fingerprint density at radius 3 is 3.00 bits per heavy atom. The molecule has 33 heavy (non-hydrogen) atoms. The molecule has 4 heterocycles. The van der Waals surface area contributed by atoms with E-state index in [2.05, 4.69) is 54.1 Å². The van der Waals surface area contributed by atoms with Crippen molar-refractivity contribution < 1.29 is 9.53 Å². The number of nitrogens with one attached hydrogen (secondary N) is 3. The van der Waals surface area contributed by atoms with Crippen LogP contribution in [0.5, 0.6) is 0 Å². The molecule has 0 radical (unpaired) electrons. The van der Waals surface area contributed by atoms with Gasteiger partial charge in [-0.3, -0.25) is 4.79 Å². The van der Waals surface area contributed by atoms with Gasteiger partial charge < -0.3 is 20.7 Å². The number of benzene rings is 1. The summed E-state index contributed by atoms with van der Waals surface area (Å²) in [4.78, 5) is 19.0. The van der Waals surface area contributed by atoms with Gasteiger partial charge in [0.1, 0.15) is 10.0 Å². The van der Waals surface area contributed by atoms with Crippen molar-refractivity contribution in [1.29, 1.82) is 0 Å². The molecule has 0 fully saturated rings. The molecule has 6 nitrogen and oxygen atoms in total. The van der Waals surface area contributed by atoms with E-state index in [1.807, 2.05) is 0 Å². The standard InChI is InChI=1S/C25H30N4O2S2/c1-15(2)27-10-6-22(30)29-25-23(18-5-9-26-14-21(18)33-25)24-28-19-13-17(3-4-20(19)32-24)16-7-11-31-12-8-16/h3-4,7,13,15,26-27H,5-6,8-12,14H2,1-2H3,(H,29,30). The minimum Gasteiger partial charge on any atom is -0.377 e. The van der Waals surface area contributed by atoms with Gasteiger partial charge in [0.05, 0.1) is 23.4 Å². The summed E-state index contributed by atoms with van der Waals surface area (Å²) in [5, 5.41) is 11.9. The fourth-order valence-corrected chi connectivity index (χ4v) is 6.66. The number of thiophene rings is 1. The van der Waals surface area contributed by atoms with Crippen LogP contribution in [0.15, 0.2) is 24.3 Å². The first kappa shape index (κ1) is 22.7. The third-order valence-corrected chi connectivity index (χ3v) is 8.22. The molecule has 1 amide bonds. The first-order valence-electron chi connectivity index (χ1n) is 11.6. The summed E-state index contributed by atoms with van der Waals surface area (Å²) in [5.74, 6) is 0.0470. The number of thiazole rings is 1. The van der Waals surface area contributed by atoms with E-state index in [1.54, 1.807) is 22.7 Å². The monoisotopic (exact) mass is 482 g/mol. The molecule has 0 bridgehead atoms. The van der Waals surface area contributed by atoms with Crippen LogP contribution in [-0.4, -0.2) is 43.2 Å². The Morgan fingerprint density at radius 1 is 1.27 bits per heavy atom. The lowest BCUT2D eigenvalue weighted by molar-refractivity contribution is -0.116. The molecule has 3 N–H and O–H groups in total. The Hall–Kier alpha value is -2.10. The summed E-state index contributed by atoms with van der Waals surface area (Å²) in [7, 11) is 0. The second-order valence-corrected chi connectivity index (χ2v) is 10.9. The van der Waals surface area contributed by atoms with E-state index in [0.717, 1.165) is 53.6 Å². The lowest BCUT2D eigenvalue weighted by atomic mass is 10.0. The SMILES string of the molecule is CC(C)NCCC(=O)Nc1sc2c(c1-c1nc3cc(C4=CCOCC4)ccc3s1)CCNC2. The van der Waals surface area contributed by atoms with Gasteiger partial charge in [-0.15, -0.1) is 22.7 Å². The van der Waals surface area contributed by atoms with Crippen LogP contribution in [0.4, 0.5) is 5.00 Å². The normalized spacial score (nSPS) is 16.2. The predicted molar refractivity (Wildman–Crippen MR) is 138 cm³/mol. The van der Waals surface area contributed by atoms with Crippen LogP contribution < -0.4 is 16.0 Å². The number of nitrogens with zero attached hydrogens (tertiary/aromatic N) is 1. The molecule has 2 aliphatic heterocycles. The van der Waals surface area contributed by atoms with E-state index in [0.29, 0.717) is 25.6 Å². The van der Waals surface area contributed by atoms with Crippen LogP contribution in [0.2, 0.25) is 0 Å². The first-order chi connectivity index (χ1) is 16.1. The molecule has 0 saturated heterocycles. The topological polar surface area (TPSA) is 75.3 Å². The van der Waals surface area contributed by atoms with Crippen molar-refractivity contribution in [2.24, 2.45) is 0 Å². The third-order valence-electron chi connectivity index (χ3n) is 6.02. The number of aromatic nitrogens is 1. The Morgan fingerprint density at radius 2 is 2.18 bits per heavy atom. The highest BCUT2D eigenvalue weighted by Crippen LogP contribution is 2.45. The van der Waals surface area contributed by atoms with Gasteiger partial charge in [-0.2, -0.15) is 0 Å². The summed E-state index contributed by atoms with van der Waals surface area (Å²) in [6, 6.07) is 6.94. The van der Waals surface area contributed by atoms with E-state index in [4.69, 9.17) is 9.72 Å². The molecule has 8 heteroatoms. The van der Waals surface area contributed by atoms with Crippen molar-refractivity contribution in [3.05, 3.63) is 40.3 Å².